The lowest BCUT2D eigenvalue weighted by Gasteiger charge is -2.32. The lowest BCUT2D eigenvalue weighted by Crippen LogP contribution is -2.48. The van der Waals surface area contributed by atoms with E-state index in [9.17, 15) is 19.2 Å². The largest absolute Gasteiger partial charge is 0.495 e. The lowest BCUT2D eigenvalue weighted by molar-refractivity contribution is -0.145. The summed E-state index contributed by atoms with van der Waals surface area (Å²) in [6, 6.07) is 11.7. The average Bonchev–Trinajstić information content (AvgIpc) is 3.41. The highest BCUT2D eigenvalue weighted by atomic mass is 16.6. The van der Waals surface area contributed by atoms with E-state index in [1.807, 2.05) is 30.1 Å². The fourth-order valence-corrected chi connectivity index (χ4v) is 5.50. The minimum atomic E-state index is -0.624. The SMILES string of the molecule is CCN(CCNC(=O)CN(CC(=O)N(C)N1Cc2ccccc2C1)c1cc2c(cc1OC)CCCC2=O)C(=O)OC(C)(C)C. The zero-order chi connectivity index (χ0) is 32.0. The van der Waals surface area contributed by atoms with Gasteiger partial charge in [-0.1, -0.05) is 24.3 Å². The van der Waals surface area contributed by atoms with Crippen LogP contribution in [0.3, 0.4) is 0 Å². The van der Waals surface area contributed by atoms with Gasteiger partial charge in [0, 0.05) is 51.8 Å². The second-order valence-electron chi connectivity index (χ2n) is 12.2. The summed E-state index contributed by atoms with van der Waals surface area (Å²) in [4.78, 5) is 55.4. The standard InChI is InChI=1S/C33H45N5O6/c1-7-36(32(42)44-33(2,3)4)16-15-34-30(40)21-37(27-18-26-23(17-29(27)43-6)13-10-14-28(26)39)22-31(41)35(5)38-19-24-11-8-9-12-25(24)20-38/h8-9,11-12,17-18H,7,10,13-16,19-22H2,1-6H3,(H,34,40). The van der Waals surface area contributed by atoms with Crippen molar-refractivity contribution in [2.24, 2.45) is 0 Å². The van der Waals surface area contributed by atoms with Crippen molar-refractivity contribution in [3.8, 4) is 5.75 Å². The molecule has 0 saturated heterocycles. The van der Waals surface area contributed by atoms with E-state index < -0.39 is 11.7 Å². The van der Waals surface area contributed by atoms with Gasteiger partial charge in [0.25, 0.3) is 5.91 Å². The number of aryl methyl sites for hydroxylation is 1. The van der Waals surface area contributed by atoms with Crippen molar-refractivity contribution in [1.82, 2.24) is 20.2 Å². The number of carbonyl (C=O) groups is 4. The monoisotopic (exact) mass is 607 g/mol. The smallest absolute Gasteiger partial charge is 0.410 e. The van der Waals surface area contributed by atoms with Gasteiger partial charge in [-0.15, -0.1) is 0 Å². The number of hydrogen-bond acceptors (Lipinski definition) is 8. The molecular formula is C33H45N5O6. The van der Waals surface area contributed by atoms with Gasteiger partial charge in [-0.2, -0.15) is 0 Å². The van der Waals surface area contributed by atoms with Crippen molar-refractivity contribution in [3.05, 3.63) is 58.7 Å². The molecule has 2 aromatic rings. The second-order valence-corrected chi connectivity index (χ2v) is 12.2. The van der Waals surface area contributed by atoms with Gasteiger partial charge in [0.2, 0.25) is 5.91 Å². The number of methoxy groups -OCH3 is 1. The van der Waals surface area contributed by atoms with Crippen molar-refractivity contribution >= 4 is 29.4 Å². The minimum Gasteiger partial charge on any atom is -0.495 e. The highest BCUT2D eigenvalue weighted by Crippen LogP contribution is 2.35. The molecule has 1 heterocycles. The molecule has 0 atom stereocenters. The van der Waals surface area contributed by atoms with Crippen LogP contribution in [-0.2, 0) is 33.8 Å². The van der Waals surface area contributed by atoms with E-state index in [0.717, 1.165) is 18.4 Å². The maximum absolute atomic E-state index is 13.7. The Bertz CT molecular complexity index is 1360. The Morgan fingerprint density at radius 1 is 1.00 bits per heavy atom. The first-order chi connectivity index (χ1) is 20.9. The molecule has 11 nitrogen and oxygen atoms in total. The van der Waals surface area contributed by atoms with E-state index in [1.54, 1.807) is 50.9 Å². The molecule has 11 heteroatoms. The van der Waals surface area contributed by atoms with Gasteiger partial charge < -0.3 is 24.6 Å². The molecule has 2 aromatic carbocycles. The number of ketones is 1. The van der Waals surface area contributed by atoms with Crippen molar-refractivity contribution in [2.75, 3.05) is 51.8 Å². The fraction of sp³-hybridized carbons (Fsp3) is 0.515. The highest BCUT2D eigenvalue weighted by Gasteiger charge is 2.29. The number of benzene rings is 2. The summed E-state index contributed by atoms with van der Waals surface area (Å²) in [5.41, 5.74) is 3.74. The maximum atomic E-state index is 13.7. The number of nitrogens with one attached hydrogen (secondary N) is 1. The zero-order valence-corrected chi connectivity index (χ0v) is 26.8. The number of likely N-dealkylation sites (N-methyl/N-ethyl adjacent to an activating group) is 2. The lowest BCUT2D eigenvalue weighted by atomic mass is 9.90. The van der Waals surface area contributed by atoms with Gasteiger partial charge >= 0.3 is 6.09 Å². The van der Waals surface area contributed by atoms with Gasteiger partial charge in [-0.3, -0.25) is 19.4 Å². The van der Waals surface area contributed by atoms with Crippen LogP contribution in [0, 0.1) is 0 Å². The van der Waals surface area contributed by atoms with E-state index in [1.165, 1.54) is 16.0 Å². The molecule has 0 unspecified atom stereocenters. The van der Waals surface area contributed by atoms with Crippen LogP contribution in [0.5, 0.6) is 5.75 Å². The molecule has 238 valence electrons. The molecule has 1 N–H and O–H groups in total. The molecule has 0 aromatic heterocycles. The van der Waals surface area contributed by atoms with Crippen molar-refractivity contribution < 1.29 is 28.7 Å². The molecule has 3 amide bonds. The number of ether oxygens (including phenoxy) is 2. The third-order valence-electron chi connectivity index (χ3n) is 7.90. The topological polar surface area (TPSA) is 112 Å². The molecular weight excluding hydrogens is 562 g/mol. The molecule has 0 saturated carbocycles. The molecule has 4 rings (SSSR count). The number of fused-ring (bicyclic) bond motifs is 2. The summed E-state index contributed by atoms with van der Waals surface area (Å²) in [5, 5.41) is 6.44. The maximum Gasteiger partial charge on any atom is 0.410 e. The summed E-state index contributed by atoms with van der Waals surface area (Å²) >= 11 is 0. The van der Waals surface area contributed by atoms with Gasteiger partial charge in [-0.05, 0) is 69.4 Å². The Labute approximate surface area is 260 Å². The molecule has 1 aliphatic heterocycles. The van der Waals surface area contributed by atoms with E-state index in [-0.39, 0.29) is 43.8 Å². The molecule has 44 heavy (non-hydrogen) atoms. The Kier molecular flexibility index (Phi) is 10.5. The number of hydrazine groups is 1. The average molecular weight is 608 g/mol. The Morgan fingerprint density at radius 3 is 2.30 bits per heavy atom. The quantitative estimate of drug-likeness (QED) is 0.411. The first kappa shape index (κ1) is 32.8. The van der Waals surface area contributed by atoms with E-state index in [4.69, 9.17) is 9.47 Å². The third-order valence-corrected chi connectivity index (χ3v) is 7.90. The summed E-state index contributed by atoms with van der Waals surface area (Å²) in [6.45, 7) is 9.13. The molecule has 1 aliphatic carbocycles. The summed E-state index contributed by atoms with van der Waals surface area (Å²) < 4.78 is 11.2. The van der Waals surface area contributed by atoms with Crippen LogP contribution in [0.15, 0.2) is 36.4 Å². The number of carbonyl (C=O) groups excluding carboxylic acids is 4. The van der Waals surface area contributed by atoms with Gasteiger partial charge in [0.1, 0.15) is 11.4 Å². The van der Waals surface area contributed by atoms with Crippen molar-refractivity contribution in [3.63, 3.8) is 0 Å². The minimum absolute atomic E-state index is 0.0413. The predicted molar refractivity (Wildman–Crippen MR) is 167 cm³/mol. The van der Waals surface area contributed by atoms with Gasteiger partial charge in [0.05, 0.1) is 25.9 Å². The number of hydrogen-bond donors (Lipinski definition) is 1. The number of Topliss-reactive ketones (excluding diaryl/α,β-unsaturated/α-hetero) is 1. The molecule has 0 bridgehead atoms. The van der Waals surface area contributed by atoms with Crippen LogP contribution < -0.4 is 15.0 Å². The van der Waals surface area contributed by atoms with Crippen LogP contribution in [-0.4, -0.2) is 91.1 Å². The van der Waals surface area contributed by atoms with Gasteiger partial charge in [-0.25, -0.2) is 9.80 Å². The van der Waals surface area contributed by atoms with Crippen LogP contribution >= 0.6 is 0 Å². The highest BCUT2D eigenvalue weighted by molar-refractivity contribution is 6.00. The van der Waals surface area contributed by atoms with Crippen molar-refractivity contribution in [2.45, 2.75) is 65.6 Å². The first-order valence-corrected chi connectivity index (χ1v) is 15.2. The number of amides is 3. The number of nitrogens with zero attached hydrogens (tertiary/aromatic N) is 4. The number of anilines is 1. The van der Waals surface area contributed by atoms with Crippen LogP contribution in [0.25, 0.3) is 0 Å². The van der Waals surface area contributed by atoms with E-state index in [0.29, 0.717) is 43.1 Å². The molecule has 0 spiro atoms. The molecule has 0 radical (unpaired) electrons. The summed E-state index contributed by atoms with van der Waals surface area (Å²) in [5.74, 6) is -0.00356. The zero-order valence-electron chi connectivity index (χ0n) is 26.8. The normalized spacial score (nSPS) is 14.4. The van der Waals surface area contributed by atoms with Crippen LogP contribution in [0.1, 0.15) is 67.6 Å². The number of rotatable bonds is 11. The molecule has 2 aliphatic rings. The Morgan fingerprint density at radius 2 is 1.68 bits per heavy atom. The van der Waals surface area contributed by atoms with E-state index >= 15 is 0 Å². The second kappa shape index (κ2) is 14.1. The van der Waals surface area contributed by atoms with Crippen LogP contribution in [0.2, 0.25) is 0 Å². The van der Waals surface area contributed by atoms with Crippen LogP contribution in [0.4, 0.5) is 10.5 Å². The Hall–Kier alpha value is -4.12. The summed E-state index contributed by atoms with van der Waals surface area (Å²) in [7, 11) is 3.27. The fourth-order valence-electron chi connectivity index (χ4n) is 5.50. The molecule has 0 fully saturated rings. The Balaban J connectivity index is 1.50. The van der Waals surface area contributed by atoms with E-state index in [2.05, 4.69) is 17.4 Å². The predicted octanol–water partition coefficient (Wildman–Crippen LogP) is 3.78. The first-order valence-electron chi connectivity index (χ1n) is 15.2. The summed E-state index contributed by atoms with van der Waals surface area (Å²) in [6.07, 6.45) is 1.56. The van der Waals surface area contributed by atoms with Gasteiger partial charge in [0.15, 0.2) is 5.78 Å². The van der Waals surface area contributed by atoms with Crippen molar-refractivity contribution in [1.29, 1.82) is 0 Å². The third kappa shape index (κ3) is 8.07.